The van der Waals surface area contributed by atoms with E-state index in [0.29, 0.717) is 0 Å². The molecule has 1 rings (SSSR count). The van der Waals surface area contributed by atoms with Crippen LogP contribution in [0.25, 0.3) is 0 Å². The Kier molecular flexibility index (Phi) is 19.5. The van der Waals surface area contributed by atoms with E-state index in [4.69, 9.17) is 9.47 Å². The van der Waals surface area contributed by atoms with Crippen LogP contribution in [0.15, 0.2) is 18.2 Å². The molecule has 3 nitrogen and oxygen atoms in total. The molecule has 32 heavy (non-hydrogen) atoms. The fourth-order valence-electron chi connectivity index (χ4n) is 4.15. The number of benzene rings is 1. The van der Waals surface area contributed by atoms with Crippen molar-refractivity contribution in [3.8, 4) is 11.5 Å². The van der Waals surface area contributed by atoms with Crippen LogP contribution >= 0.6 is 0 Å². The second-order valence-corrected chi connectivity index (χ2v) is 9.31. The minimum absolute atomic E-state index is 0.765. The fourth-order valence-corrected chi connectivity index (χ4v) is 4.15. The normalized spacial score (nSPS) is 11.1. The van der Waals surface area contributed by atoms with E-state index in [0.717, 1.165) is 37.6 Å². The number of nitrogens with one attached hydrogen (secondary N) is 1. The van der Waals surface area contributed by atoms with Gasteiger partial charge in [-0.05, 0) is 37.1 Å². The molecular weight excluding hydrogens is 394 g/mol. The summed E-state index contributed by atoms with van der Waals surface area (Å²) in [6.07, 6.45) is 23.3. The first-order valence-corrected chi connectivity index (χ1v) is 13.8. The third-order valence-electron chi connectivity index (χ3n) is 6.27. The topological polar surface area (TPSA) is 30.5 Å². The summed E-state index contributed by atoms with van der Waals surface area (Å²) in [5.74, 6) is 1.71. The first-order chi connectivity index (χ1) is 15.8. The van der Waals surface area contributed by atoms with Gasteiger partial charge in [0.05, 0.1) is 13.7 Å². The Bertz CT molecular complexity index is 532. The molecule has 1 aromatic carbocycles. The molecular formula is C29H53NO2. The first kappa shape index (κ1) is 28.8. The molecule has 0 unspecified atom stereocenters. The Balaban J connectivity index is 1.96. The van der Waals surface area contributed by atoms with Gasteiger partial charge in [0.1, 0.15) is 0 Å². The second-order valence-electron chi connectivity index (χ2n) is 9.31. The highest BCUT2D eigenvalue weighted by Crippen LogP contribution is 2.28. The Morgan fingerprint density at radius 3 is 1.72 bits per heavy atom. The Labute approximate surface area is 200 Å². The third-order valence-corrected chi connectivity index (χ3v) is 6.27. The quantitative estimate of drug-likeness (QED) is 0.170. The summed E-state index contributed by atoms with van der Waals surface area (Å²) < 4.78 is 11.4. The Morgan fingerprint density at radius 1 is 0.625 bits per heavy atom. The third kappa shape index (κ3) is 15.6. The molecule has 0 aromatic heterocycles. The average molecular weight is 448 g/mol. The van der Waals surface area contributed by atoms with Gasteiger partial charge >= 0.3 is 0 Å². The van der Waals surface area contributed by atoms with Gasteiger partial charge in [-0.2, -0.15) is 0 Å². The van der Waals surface area contributed by atoms with Crippen molar-refractivity contribution in [2.24, 2.45) is 0 Å². The standard InChI is InChI=1S/C29H53NO2/c1-4-6-8-9-10-11-12-13-14-15-16-17-18-19-23-30-26-27-21-22-28(29(25-27)31-3)32-24-20-7-5-2/h21-22,25,30H,4-20,23-24,26H2,1-3H3. The molecule has 0 aliphatic heterocycles. The zero-order chi connectivity index (χ0) is 23.1. The molecule has 0 aliphatic rings. The smallest absolute Gasteiger partial charge is 0.161 e. The summed E-state index contributed by atoms with van der Waals surface area (Å²) >= 11 is 0. The van der Waals surface area contributed by atoms with Crippen molar-refractivity contribution in [3.05, 3.63) is 23.8 Å². The van der Waals surface area contributed by atoms with Crippen molar-refractivity contribution in [3.63, 3.8) is 0 Å². The highest BCUT2D eigenvalue weighted by atomic mass is 16.5. The minimum Gasteiger partial charge on any atom is -0.493 e. The molecule has 0 heterocycles. The summed E-state index contributed by atoms with van der Waals surface area (Å²) in [5, 5.41) is 3.58. The van der Waals surface area contributed by atoms with Crippen LogP contribution in [-0.2, 0) is 6.54 Å². The molecule has 0 saturated heterocycles. The lowest BCUT2D eigenvalue weighted by Gasteiger charge is -2.12. The zero-order valence-electron chi connectivity index (χ0n) is 21.7. The van der Waals surface area contributed by atoms with Crippen LogP contribution < -0.4 is 14.8 Å². The van der Waals surface area contributed by atoms with Crippen LogP contribution in [-0.4, -0.2) is 20.3 Å². The lowest BCUT2D eigenvalue weighted by Crippen LogP contribution is -2.14. The van der Waals surface area contributed by atoms with Gasteiger partial charge in [0, 0.05) is 6.54 Å². The zero-order valence-corrected chi connectivity index (χ0v) is 21.7. The van der Waals surface area contributed by atoms with Crippen LogP contribution in [0.3, 0.4) is 0 Å². The van der Waals surface area contributed by atoms with Gasteiger partial charge in [-0.1, -0.05) is 116 Å². The molecule has 1 N–H and O–H groups in total. The molecule has 0 spiro atoms. The van der Waals surface area contributed by atoms with Crippen LogP contribution in [0.2, 0.25) is 0 Å². The van der Waals surface area contributed by atoms with Crippen molar-refractivity contribution in [1.29, 1.82) is 0 Å². The molecule has 0 saturated carbocycles. The van der Waals surface area contributed by atoms with E-state index in [1.165, 1.54) is 108 Å². The summed E-state index contributed by atoms with van der Waals surface area (Å²) in [5.41, 5.74) is 1.26. The van der Waals surface area contributed by atoms with E-state index in [-0.39, 0.29) is 0 Å². The molecule has 3 heteroatoms. The fraction of sp³-hybridized carbons (Fsp3) is 0.793. The van der Waals surface area contributed by atoms with E-state index in [1.54, 1.807) is 7.11 Å². The highest BCUT2D eigenvalue weighted by Gasteiger charge is 2.06. The highest BCUT2D eigenvalue weighted by molar-refractivity contribution is 5.42. The van der Waals surface area contributed by atoms with Crippen molar-refractivity contribution in [2.75, 3.05) is 20.3 Å². The van der Waals surface area contributed by atoms with Gasteiger partial charge in [-0.15, -0.1) is 0 Å². The van der Waals surface area contributed by atoms with Crippen LogP contribution in [0.4, 0.5) is 0 Å². The average Bonchev–Trinajstić information content (AvgIpc) is 2.82. The SMILES string of the molecule is CCCCCCCCCCCCCCCCNCc1ccc(OCCCCC)c(OC)c1. The number of ether oxygens (including phenoxy) is 2. The van der Waals surface area contributed by atoms with Gasteiger partial charge < -0.3 is 14.8 Å². The Hall–Kier alpha value is -1.22. The van der Waals surface area contributed by atoms with Crippen LogP contribution in [0.5, 0.6) is 11.5 Å². The maximum atomic E-state index is 5.87. The molecule has 0 bridgehead atoms. The predicted octanol–water partition coefficient (Wildman–Crippen LogP) is 8.84. The van der Waals surface area contributed by atoms with E-state index in [9.17, 15) is 0 Å². The molecule has 1 aromatic rings. The summed E-state index contributed by atoms with van der Waals surface area (Å²) in [6, 6.07) is 6.30. The number of hydrogen-bond donors (Lipinski definition) is 1. The lowest BCUT2D eigenvalue weighted by molar-refractivity contribution is 0.286. The number of unbranched alkanes of at least 4 members (excludes halogenated alkanes) is 15. The molecule has 186 valence electrons. The first-order valence-electron chi connectivity index (χ1n) is 13.8. The molecule has 0 fully saturated rings. The monoisotopic (exact) mass is 447 g/mol. The minimum atomic E-state index is 0.765. The van der Waals surface area contributed by atoms with Crippen molar-refractivity contribution in [1.82, 2.24) is 5.32 Å². The molecule has 0 aliphatic carbocycles. The Morgan fingerprint density at radius 2 is 1.16 bits per heavy atom. The summed E-state index contributed by atoms with van der Waals surface area (Å²) in [4.78, 5) is 0. The van der Waals surface area contributed by atoms with E-state index < -0.39 is 0 Å². The summed E-state index contributed by atoms with van der Waals surface area (Å²) in [7, 11) is 1.72. The van der Waals surface area contributed by atoms with Gasteiger partial charge in [0.2, 0.25) is 0 Å². The molecule has 0 atom stereocenters. The van der Waals surface area contributed by atoms with Gasteiger partial charge in [0.25, 0.3) is 0 Å². The second kappa shape index (κ2) is 21.6. The predicted molar refractivity (Wildman–Crippen MR) is 140 cm³/mol. The van der Waals surface area contributed by atoms with Crippen LogP contribution in [0.1, 0.15) is 129 Å². The maximum Gasteiger partial charge on any atom is 0.161 e. The lowest BCUT2D eigenvalue weighted by atomic mass is 10.0. The van der Waals surface area contributed by atoms with Gasteiger partial charge in [0.15, 0.2) is 11.5 Å². The number of hydrogen-bond acceptors (Lipinski definition) is 3. The largest absolute Gasteiger partial charge is 0.493 e. The molecule has 0 radical (unpaired) electrons. The van der Waals surface area contributed by atoms with Crippen molar-refractivity contribution >= 4 is 0 Å². The number of rotatable bonds is 23. The van der Waals surface area contributed by atoms with E-state index in [2.05, 4.69) is 31.3 Å². The molecule has 0 amide bonds. The van der Waals surface area contributed by atoms with E-state index >= 15 is 0 Å². The van der Waals surface area contributed by atoms with E-state index in [1.807, 2.05) is 6.07 Å². The number of methoxy groups -OCH3 is 1. The van der Waals surface area contributed by atoms with Gasteiger partial charge in [-0.3, -0.25) is 0 Å². The maximum absolute atomic E-state index is 5.87. The van der Waals surface area contributed by atoms with Crippen molar-refractivity contribution < 1.29 is 9.47 Å². The van der Waals surface area contributed by atoms with Crippen LogP contribution in [0, 0.1) is 0 Å². The summed E-state index contributed by atoms with van der Waals surface area (Å²) in [6.45, 7) is 7.25. The van der Waals surface area contributed by atoms with Gasteiger partial charge in [-0.25, -0.2) is 0 Å². The van der Waals surface area contributed by atoms with Crippen molar-refractivity contribution in [2.45, 2.75) is 130 Å².